The fourth-order valence-electron chi connectivity index (χ4n) is 1.56. The molecule has 3 rings (SSSR count). The molecule has 2 aromatic rings. The monoisotopic (exact) mass is 231 g/mol. The lowest BCUT2D eigenvalue weighted by Gasteiger charge is -1.97. The summed E-state index contributed by atoms with van der Waals surface area (Å²) in [4.78, 5) is 0. The maximum absolute atomic E-state index is 5.54. The highest BCUT2D eigenvalue weighted by Gasteiger charge is 2.20. The Kier molecular flexibility index (Phi) is 2.79. The van der Waals surface area contributed by atoms with E-state index in [9.17, 15) is 0 Å². The van der Waals surface area contributed by atoms with Gasteiger partial charge < -0.3 is 9.73 Å². The lowest BCUT2D eigenvalue weighted by Crippen LogP contribution is -2.19. The van der Waals surface area contributed by atoms with Gasteiger partial charge in [-0.1, -0.05) is 0 Å². The predicted octanol–water partition coefficient (Wildman–Crippen LogP) is 0.821. The molecule has 0 aliphatic heterocycles. The molecule has 0 atom stereocenters. The maximum atomic E-state index is 5.54. The van der Waals surface area contributed by atoms with E-state index < -0.39 is 0 Å². The second-order valence-electron chi connectivity index (χ2n) is 4.11. The van der Waals surface area contributed by atoms with Crippen LogP contribution < -0.4 is 5.32 Å². The van der Waals surface area contributed by atoms with Crippen LogP contribution in [0, 0.1) is 0 Å². The van der Waals surface area contributed by atoms with E-state index in [1.807, 2.05) is 0 Å². The number of nitrogens with zero attached hydrogens (tertiary/aromatic N) is 4. The maximum Gasteiger partial charge on any atom is 0.249 e. The third-order valence-electron chi connectivity index (χ3n) is 2.65. The zero-order valence-electron chi connectivity index (χ0n) is 9.33. The summed E-state index contributed by atoms with van der Waals surface area (Å²) >= 11 is 0. The smallest absolute Gasteiger partial charge is 0.249 e. The van der Waals surface area contributed by atoms with Crippen LogP contribution in [-0.2, 0) is 6.42 Å². The molecule has 0 amide bonds. The van der Waals surface area contributed by atoms with Gasteiger partial charge in [0.1, 0.15) is 0 Å². The number of nitrogens with one attached hydrogen (secondary N) is 1. The minimum Gasteiger partial charge on any atom is -0.421 e. The van der Waals surface area contributed by atoms with E-state index in [1.54, 1.807) is 18.5 Å². The van der Waals surface area contributed by atoms with Crippen LogP contribution >= 0.6 is 0 Å². The number of rotatable bonds is 5. The second-order valence-corrected chi connectivity index (χ2v) is 4.11. The first-order valence-electron chi connectivity index (χ1n) is 5.74. The molecule has 0 spiro atoms. The van der Waals surface area contributed by atoms with Crippen LogP contribution in [0.1, 0.15) is 18.7 Å². The molecule has 88 valence electrons. The van der Waals surface area contributed by atoms with Crippen LogP contribution in [0.2, 0.25) is 0 Å². The molecule has 6 nitrogen and oxygen atoms in total. The molecule has 1 N–H and O–H groups in total. The number of hydrogen-bond donors (Lipinski definition) is 1. The zero-order valence-corrected chi connectivity index (χ0v) is 9.33. The molecule has 2 heterocycles. The Morgan fingerprint density at radius 2 is 2.24 bits per heavy atom. The van der Waals surface area contributed by atoms with Gasteiger partial charge in [0.2, 0.25) is 11.8 Å². The Labute approximate surface area is 98.5 Å². The molecule has 0 radical (unpaired) electrons. The van der Waals surface area contributed by atoms with Gasteiger partial charge in [-0.3, -0.25) is 0 Å². The van der Waals surface area contributed by atoms with Crippen molar-refractivity contribution in [2.24, 2.45) is 0 Å². The fraction of sp³-hybridized carbons (Fsp3) is 0.455. The molecule has 1 aliphatic rings. The molecule has 0 aromatic carbocycles. The van der Waals surface area contributed by atoms with Crippen LogP contribution in [0.5, 0.6) is 0 Å². The normalized spacial score (nSPS) is 15.1. The first-order valence-corrected chi connectivity index (χ1v) is 5.74. The third kappa shape index (κ3) is 2.65. The van der Waals surface area contributed by atoms with Crippen molar-refractivity contribution in [2.45, 2.75) is 25.3 Å². The van der Waals surface area contributed by atoms with E-state index in [0.717, 1.165) is 18.5 Å². The van der Waals surface area contributed by atoms with Crippen molar-refractivity contribution in [3.63, 3.8) is 0 Å². The summed E-state index contributed by atoms with van der Waals surface area (Å²) in [6, 6.07) is 2.51. The van der Waals surface area contributed by atoms with Crippen molar-refractivity contribution >= 4 is 0 Å². The molecular weight excluding hydrogens is 218 g/mol. The van der Waals surface area contributed by atoms with Crippen molar-refractivity contribution in [2.75, 3.05) is 6.54 Å². The largest absolute Gasteiger partial charge is 0.421 e. The van der Waals surface area contributed by atoms with Gasteiger partial charge in [0, 0.05) is 19.0 Å². The van der Waals surface area contributed by atoms with E-state index in [4.69, 9.17) is 4.42 Å². The minimum absolute atomic E-state index is 0.501. The average molecular weight is 231 g/mol. The van der Waals surface area contributed by atoms with Crippen LogP contribution in [0.25, 0.3) is 11.5 Å². The topological polar surface area (TPSA) is 76.7 Å². The van der Waals surface area contributed by atoms with Crippen molar-refractivity contribution in [1.29, 1.82) is 0 Å². The highest BCUT2D eigenvalue weighted by Crippen LogP contribution is 2.19. The van der Waals surface area contributed by atoms with Gasteiger partial charge in [-0.25, -0.2) is 0 Å². The van der Waals surface area contributed by atoms with E-state index in [2.05, 4.69) is 25.7 Å². The van der Waals surface area contributed by atoms with Gasteiger partial charge >= 0.3 is 0 Å². The predicted molar refractivity (Wildman–Crippen MR) is 60.1 cm³/mol. The van der Waals surface area contributed by atoms with Crippen molar-refractivity contribution < 1.29 is 4.42 Å². The summed E-state index contributed by atoms with van der Waals surface area (Å²) in [7, 11) is 0. The standard InChI is InChI=1S/C11H13N5O/c1-2-9(1)12-5-4-10-15-16-11(17-10)8-3-6-13-14-7-8/h3,6-7,9,12H,1-2,4-5H2. The van der Waals surface area contributed by atoms with Gasteiger partial charge in [0.15, 0.2) is 0 Å². The second kappa shape index (κ2) is 4.58. The quantitative estimate of drug-likeness (QED) is 0.821. The minimum atomic E-state index is 0.501. The molecule has 0 unspecified atom stereocenters. The van der Waals surface area contributed by atoms with Gasteiger partial charge in [0.05, 0.1) is 18.0 Å². The SMILES string of the molecule is c1cc(-c2nnc(CCNC3CC3)o2)cnn1. The summed E-state index contributed by atoms with van der Waals surface area (Å²) < 4.78 is 5.54. The van der Waals surface area contributed by atoms with E-state index in [0.29, 0.717) is 17.8 Å². The first kappa shape index (κ1) is 10.3. The highest BCUT2D eigenvalue weighted by molar-refractivity contribution is 5.49. The Hall–Kier alpha value is -1.82. The van der Waals surface area contributed by atoms with Gasteiger partial charge in [-0.2, -0.15) is 10.2 Å². The molecule has 0 bridgehead atoms. The van der Waals surface area contributed by atoms with Gasteiger partial charge in [-0.15, -0.1) is 10.2 Å². The number of hydrogen-bond acceptors (Lipinski definition) is 6. The molecule has 6 heteroatoms. The summed E-state index contributed by atoms with van der Waals surface area (Å²) in [5.74, 6) is 1.16. The van der Waals surface area contributed by atoms with Gasteiger partial charge in [-0.05, 0) is 18.9 Å². The van der Waals surface area contributed by atoms with Crippen molar-refractivity contribution in [3.8, 4) is 11.5 Å². The zero-order chi connectivity index (χ0) is 11.5. The fourth-order valence-corrected chi connectivity index (χ4v) is 1.56. The van der Waals surface area contributed by atoms with Crippen molar-refractivity contribution in [1.82, 2.24) is 25.7 Å². The van der Waals surface area contributed by atoms with Gasteiger partial charge in [0.25, 0.3) is 0 Å². The Morgan fingerprint density at radius 3 is 3.00 bits per heavy atom. The molecule has 17 heavy (non-hydrogen) atoms. The summed E-state index contributed by atoms with van der Waals surface area (Å²) in [5.41, 5.74) is 0.800. The molecule has 0 saturated heterocycles. The molecule has 1 saturated carbocycles. The highest BCUT2D eigenvalue weighted by atomic mass is 16.4. The van der Waals surface area contributed by atoms with Crippen LogP contribution in [0.15, 0.2) is 22.9 Å². The summed E-state index contributed by atoms with van der Waals surface area (Å²) in [6.07, 6.45) is 6.56. The van der Waals surface area contributed by atoms with E-state index in [1.165, 1.54) is 12.8 Å². The third-order valence-corrected chi connectivity index (χ3v) is 2.65. The van der Waals surface area contributed by atoms with Crippen LogP contribution in [0.4, 0.5) is 0 Å². The van der Waals surface area contributed by atoms with Crippen molar-refractivity contribution in [3.05, 3.63) is 24.4 Å². The summed E-state index contributed by atoms with van der Waals surface area (Å²) in [5, 5.41) is 18.9. The first-order chi connectivity index (χ1) is 8.42. The average Bonchev–Trinajstić information content (AvgIpc) is 3.07. The Bertz CT molecular complexity index is 480. The lowest BCUT2D eigenvalue weighted by atomic mass is 10.3. The molecule has 1 aliphatic carbocycles. The van der Waals surface area contributed by atoms with E-state index >= 15 is 0 Å². The number of aromatic nitrogens is 4. The molecule has 1 fully saturated rings. The lowest BCUT2D eigenvalue weighted by molar-refractivity contribution is 0.494. The summed E-state index contributed by atoms with van der Waals surface area (Å²) in [6.45, 7) is 0.890. The molecule has 2 aromatic heterocycles. The van der Waals surface area contributed by atoms with Crippen LogP contribution in [-0.4, -0.2) is 33.0 Å². The van der Waals surface area contributed by atoms with E-state index in [-0.39, 0.29) is 0 Å². The molecular formula is C11H13N5O. The Morgan fingerprint density at radius 1 is 1.29 bits per heavy atom. The Balaban J connectivity index is 1.61. The van der Waals surface area contributed by atoms with Crippen LogP contribution in [0.3, 0.4) is 0 Å².